The number of nitrogens with two attached hydrogens (primary N) is 3. The zero-order chi connectivity index (χ0) is 31.4. The van der Waals surface area contributed by atoms with E-state index in [1.807, 2.05) is 0 Å². The SMILES string of the molecule is CC[C@H](N)C(=O)N[C@H](C(=O)N[C@@H](CC(N)=O)C(=O)N[C@@H](Cc1ccc(O)cc1)C(=O)N[C@H](C(N)=O)[C@@H](C)O)[C@@H](C)O. The molecule has 1 aromatic carbocycles. The average molecular weight is 582 g/mol. The summed E-state index contributed by atoms with van der Waals surface area (Å²) in [5, 5.41) is 38.6. The first-order valence-electron chi connectivity index (χ1n) is 12.8. The second-order valence-corrected chi connectivity index (χ2v) is 9.53. The van der Waals surface area contributed by atoms with Crippen LogP contribution < -0.4 is 38.5 Å². The van der Waals surface area contributed by atoms with Crippen molar-refractivity contribution in [1.82, 2.24) is 21.3 Å². The van der Waals surface area contributed by atoms with Crippen molar-refractivity contribution < 1.29 is 44.1 Å². The fourth-order valence-electron chi connectivity index (χ4n) is 3.56. The van der Waals surface area contributed by atoms with E-state index < -0.39 is 84.3 Å². The summed E-state index contributed by atoms with van der Waals surface area (Å²) in [6.45, 7) is 4.05. The van der Waals surface area contributed by atoms with Crippen LogP contribution in [0.3, 0.4) is 0 Å². The average Bonchev–Trinajstić information content (AvgIpc) is 2.88. The zero-order valence-corrected chi connectivity index (χ0v) is 23.0. The molecule has 7 atom stereocenters. The van der Waals surface area contributed by atoms with Crippen LogP contribution in [-0.2, 0) is 35.2 Å². The second-order valence-electron chi connectivity index (χ2n) is 9.53. The van der Waals surface area contributed by atoms with Crippen molar-refractivity contribution in [1.29, 1.82) is 0 Å². The molecule has 0 aliphatic heterocycles. The fraction of sp³-hybridized carbons (Fsp3) is 0.520. The van der Waals surface area contributed by atoms with Crippen LogP contribution in [-0.4, -0.2) is 93.2 Å². The minimum absolute atomic E-state index is 0.0643. The highest BCUT2D eigenvalue weighted by Crippen LogP contribution is 2.12. The van der Waals surface area contributed by atoms with Crippen LogP contribution in [0.4, 0.5) is 0 Å². The van der Waals surface area contributed by atoms with E-state index in [1.165, 1.54) is 38.1 Å². The number of amides is 6. The number of aliphatic hydroxyl groups is 2. The normalized spacial score (nSPS) is 16.0. The Morgan fingerprint density at radius 2 is 1.24 bits per heavy atom. The molecule has 0 unspecified atom stereocenters. The van der Waals surface area contributed by atoms with E-state index in [1.54, 1.807) is 6.92 Å². The Balaban J connectivity index is 3.25. The van der Waals surface area contributed by atoms with Gasteiger partial charge >= 0.3 is 0 Å². The van der Waals surface area contributed by atoms with Crippen molar-refractivity contribution in [3.05, 3.63) is 29.8 Å². The van der Waals surface area contributed by atoms with Gasteiger partial charge in [-0.15, -0.1) is 0 Å². The second kappa shape index (κ2) is 16.1. The van der Waals surface area contributed by atoms with Crippen LogP contribution in [0.2, 0.25) is 0 Å². The Morgan fingerprint density at radius 3 is 1.71 bits per heavy atom. The van der Waals surface area contributed by atoms with E-state index in [0.717, 1.165) is 0 Å². The number of carbonyl (C=O) groups is 6. The molecular formula is C25H39N7O9. The molecular weight excluding hydrogens is 542 g/mol. The summed E-state index contributed by atoms with van der Waals surface area (Å²) >= 11 is 0. The number of nitrogens with one attached hydrogen (secondary N) is 4. The quantitative estimate of drug-likeness (QED) is 0.0896. The summed E-state index contributed by atoms with van der Waals surface area (Å²) < 4.78 is 0. The third-order valence-corrected chi connectivity index (χ3v) is 5.97. The van der Waals surface area contributed by atoms with Crippen LogP contribution in [0.1, 0.15) is 39.2 Å². The predicted octanol–water partition coefficient (Wildman–Crippen LogP) is -4.27. The third kappa shape index (κ3) is 11.4. The number of benzene rings is 1. The number of hydrogen-bond acceptors (Lipinski definition) is 10. The van der Waals surface area contributed by atoms with Gasteiger partial charge in [0.1, 0.15) is 29.9 Å². The molecule has 0 fully saturated rings. The van der Waals surface area contributed by atoms with Crippen molar-refractivity contribution in [2.75, 3.05) is 0 Å². The van der Waals surface area contributed by atoms with Gasteiger partial charge in [-0.2, -0.15) is 0 Å². The topological polar surface area (TPSA) is 289 Å². The summed E-state index contributed by atoms with van der Waals surface area (Å²) in [6.07, 6.45) is -3.49. The van der Waals surface area contributed by atoms with Gasteiger partial charge in [-0.3, -0.25) is 28.8 Å². The lowest BCUT2D eigenvalue weighted by atomic mass is 10.0. The van der Waals surface area contributed by atoms with Gasteiger partial charge in [0, 0.05) is 6.42 Å². The Kier molecular flexibility index (Phi) is 13.6. The van der Waals surface area contributed by atoms with Gasteiger partial charge in [0.15, 0.2) is 0 Å². The number of phenolic OH excluding ortho intramolecular Hbond substituents is 1. The first-order valence-corrected chi connectivity index (χ1v) is 12.8. The first-order chi connectivity index (χ1) is 19.1. The maximum atomic E-state index is 13.2. The molecule has 0 saturated heterocycles. The number of aromatic hydroxyl groups is 1. The van der Waals surface area contributed by atoms with Crippen LogP contribution in [0.25, 0.3) is 0 Å². The van der Waals surface area contributed by atoms with Gasteiger partial charge in [0.25, 0.3) is 0 Å². The van der Waals surface area contributed by atoms with E-state index in [4.69, 9.17) is 17.2 Å². The van der Waals surface area contributed by atoms with Crippen LogP contribution in [0, 0.1) is 0 Å². The number of primary amides is 2. The number of rotatable bonds is 16. The molecule has 0 saturated carbocycles. The fourth-order valence-corrected chi connectivity index (χ4v) is 3.56. The van der Waals surface area contributed by atoms with Crippen LogP contribution in [0.15, 0.2) is 24.3 Å². The van der Waals surface area contributed by atoms with Crippen LogP contribution in [0.5, 0.6) is 5.75 Å². The molecule has 228 valence electrons. The van der Waals surface area contributed by atoms with Crippen molar-refractivity contribution >= 4 is 35.4 Å². The number of hydrogen-bond donors (Lipinski definition) is 10. The molecule has 0 aliphatic rings. The lowest BCUT2D eigenvalue weighted by Crippen LogP contribution is -2.61. The summed E-state index contributed by atoms with van der Waals surface area (Å²) in [4.78, 5) is 74.9. The van der Waals surface area contributed by atoms with E-state index in [-0.39, 0.29) is 18.6 Å². The molecule has 0 radical (unpaired) electrons. The first kappa shape index (κ1) is 34.7. The monoisotopic (exact) mass is 581 g/mol. The zero-order valence-electron chi connectivity index (χ0n) is 23.0. The molecule has 1 rings (SSSR count). The Bertz CT molecular complexity index is 1100. The van der Waals surface area contributed by atoms with Gasteiger partial charge in [0.05, 0.1) is 24.7 Å². The van der Waals surface area contributed by atoms with Gasteiger partial charge in [-0.1, -0.05) is 19.1 Å². The summed E-state index contributed by atoms with van der Waals surface area (Å²) in [7, 11) is 0. The molecule has 16 heteroatoms. The molecule has 0 aliphatic carbocycles. The Hall–Kier alpha value is -4.28. The van der Waals surface area contributed by atoms with E-state index in [0.29, 0.717) is 5.56 Å². The predicted molar refractivity (Wildman–Crippen MR) is 144 cm³/mol. The number of carbonyl (C=O) groups excluding carboxylic acids is 6. The highest BCUT2D eigenvalue weighted by Gasteiger charge is 2.34. The summed E-state index contributed by atoms with van der Waals surface area (Å²) in [5.74, 6) is -5.88. The van der Waals surface area contributed by atoms with Gasteiger partial charge < -0.3 is 53.8 Å². The molecule has 13 N–H and O–H groups in total. The van der Waals surface area contributed by atoms with Crippen LogP contribution >= 0.6 is 0 Å². The highest BCUT2D eigenvalue weighted by molar-refractivity contribution is 5.97. The lowest BCUT2D eigenvalue weighted by molar-refractivity contribution is -0.137. The number of phenols is 1. The van der Waals surface area contributed by atoms with E-state index in [2.05, 4.69) is 21.3 Å². The minimum Gasteiger partial charge on any atom is -0.508 e. The lowest BCUT2D eigenvalue weighted by Gasteiger charge is -2.27. The maximum absolute atomic E-state index is 13.2. The highest BCUT2D eigenvalue weighted by atomic mass is 16.3. The summed E-state index contributed by atoms with van der Waals surface area (Å²) in [5.41, 5.74) is 16.6. The smallest absolute Gasteiger partial charge is 0.245 e. The molecule has 41 heavy (non-hydrogen) atoms. The van der Waals surface area contributed by atoms with Crippen molar-refractivity contribution in [2.45, 2.75) is 82.5 Å². The molecule has 16 nitrogen and oxygen atoms in total. The van der Waals surface area contributed by atoms with E-state index >= 15 is 0 Å². The van der Waals surface area contributed by atoms with Gasteiger partial charge in [0.2, 0.25) is 35.4 Å². The van der Waals surface area contributed by atoms with Gasteiger partial charge in [-0.05, 0) is 38.0 Å². The molecule has 0 bridgehead atoms. The molecule has 6 amide bonds. The number of aliphatic hydroxyl groups excluding tert-OH is 2. The molecule has 0 spiro atoms. The largest absolute Gasteiger partial charge is 0.508 e. The van der Waals surface area contributed by atoms with Crippen molar-refractivity contribution in [3.8, 4) is 5.75 Å². The molecule has 0 heterocycles. The Labute approximate surface area is 236 Å². The maximum Gasteiger partial charge on any atom is 0.245 e. The Morgan fingerprint density at radius 1 is 0.756 bits per heavy atom. The summed E-state index contributed by atoms with van der Waals surface area (Å²) in [6, 6.07) is -1.54. The standard InChI is InChI=1S/C25H39N7O9/c1-4-15(26)22(38)32-20(12(3)34)25(41)30-17(10-18(27)36)23(39)29-16(9-13-5-7-14(35)8-6-13)24(40)31-19(11(2)33)21(28)37/h5-8,11-12,15-17,19-20,33-35H,4,9-10,26H2,1-3H3,(H2,27,36)(H2,28,37)(H,29,39)(H,30,41)(H,31,40)(H,32,38)/t11-,12-,15+,16+,17+,19+,20+/m1/s1. The third-order valence-electron chi connectivity index (χ3n) is 5.97. The van der Waals surface area contributed by atoms with Crippen molar-refractivity contribution in [2.24, 2.45) is 17.2 Å². The molecule has 1 aromatic rings. The van der Waals surface area contributed by atoms with Crippen molar-refractivity contribution in [3.63, 3.8) is 0 Å². The minimum atomic E-state index is -1.66. The molecule has 0 aromatic heterocycles. The van der Waals surface area contributed by atoms with E-state index in [9.17, 15) is 44.1 Å². The van der Waals surface area contributed by atoms with Gasteiger partial charge in [-0.25, -0.2) is 0 Å².